The van der Waals surface area contributed by atoms with Crippen LogP contribution in [0, 0.1) is 12.8 Å². The highest BCUT2D eigenvalue weighted by Crippen LogP contribution is 2.17. The maximum absolute atomic E-state index is 11.9. The third-order valence-electron chi connectivity index (χ3n) is 2.04. The van der Waals surface area contributed by atoms with E-state index in [2.05, 4.69) is 14.9 Å². The molecule has 1 rings (SSSR count). The maximum Gasteiger partial charge on any atom is 0.357 e. The van der Waals surface area contributed by atoms with Crippen molar-refractivity contribution in [2.45, 2.75) is 25.7 Å². The minimum atomic E-state index is -3.84. The Kier molecular flexibility index (Phi) is 3.89. The van der Waals surface area contributed by atoms with E-state index in [0.29, 0.717) is 0 Å². The van der Waals surface area contributed by atoms with E-state index in [-0.39, 0.29) is 23.1 Å². The largest absolute Gasteiger partial charge is 0.476 e. The van der Waals surface area contributed by atoms with Gasteiger partial charge in [0.05, 0.1) is 5.69 Å². The second-order valence-corrected chi connectivity index (χ2v) is 5.78. The lowest BCUT2D eigenvalue weighted by atomic mass is 10.2. The van der Waals surface area contributed by atoms with E-state index >= 15 is 0 Å². The second kappa shape index (κ2) is 4.84. The number of carboxylic acid groups (broad SMARTS) is 1. The van der Waals surface area contributed by atoms with Gasteiger partial charge in [-0.05, 0) is 12.8 Å². The monoisotopic (exact) mass is 261 g/mol. The number of aromatic amines is 1. The van der Waals surface area contributed by atoms with Crippen LogP contribution in [0.5, 0.6) is 0 Å². The average molecular weight is 261 g/mol. The SMILES string of the molecule is Cc1[nH]nc(C(=O)O)c1S(=O)(=O)NCC(C)C. The van der Waals surface area contributed by atoms with Gasteiger partial charge < -0.3 is 5.11 Å². The van der Waals surface area contributed by atoms with E-state index in [1.807, 2.05) is 13.8 Å². The number of nitrogens with zero attached hydrogens (tertiary/aromatic N) is 1. The second-order valence-electron chi connectivity index (χ2n) is 4.08. The van der Waals surface area contributed by atoms with Gasteiger partial charge in [0.25, 0.3) is 0 Å². The number of rotatable bonds is 5. The molecule has 0 aliphatic rings. The van der Waals surface area contributed by atoms with Crippen molar-refractivity contribution in [3.63, 3.8) is 0 Å². The molecule has 1 aromatic rings. The van der Waals surface area contributed by atoms with Crippen molar-refractivity contribution in [1.82, 2.24) is 14.9 Å². The molecule has 96 valence electrons. The van der Waals surface area contributed by atoms with Crippen molar-refractivity contribution < 1.29 is 18.3 Å². The topological polar surface area (TPSA) is 112 Å². The molecular formula is C9H15N3O4S. The smallest absolute Gasteiger partial charge is 0.357 e. The van der Waals surface area contributed by atoms with E-state index in [9.17, 15) is 13.2 Å². The molecule has 0 aliphatic carbocycles. The zero-order valence-corrected chi connectivity index (χ0v) is 10.6. The first kappa shape index (κ1) is 13.7. The number of hydrogen-bond donors (Lipinski definition) is 3. The molecule has 0 aromatic carbocycles. The molecule has 0 radical (unpaired) electrons. The van der Waals surface area contributed by atoms with Crippen molar-refractivity contribution in [3.05, 3.63) is 11.4 Å². The number of sulfonamides is 1. The van der Waals surface area contributed by atoms with Gasteiger partial charge in [-0.2, -0.15) is 5.10 Å². The van der Waals surface area contributed by atoms with Gasteiger partial charge >= 0.3 is 5.97 Å². The van der Waals surface area contributed by atoms with Gasteiger partial charge in [-0.15, -0.1) is 0 Å². The minimum Gasteiger partial charge on any atom is -0.476 e. The first-order chi connectivity index (χ1) is 7.75. The lowest BCUT2D eigenvalue weighted by molar-refractivity contribution is 0.0686. The Hall–Kier alpha value is -1.41. The molecule has 7 nitrogen and oxygen atoms in total. The van der Waals surface area contributed by atoms with Gasteiger partial charge in [-0.1, -0.05) is 13.8 Å². The zero-order chi connectivity index (χ0) is 13.2. The van der Waals surface area contributed by atoms with E-state index in [4.69, 9.17) is 5.11 Å². The van der Waals surface area contributed by atoms with E-state index in [1.165, 1.54) is 6.92 Å². The van der Waals surface area contributed by atoms with E-state index in [1.54, 1.807) is 0 Å². The standard InChI is InChI=1S/C9H15N3O4S/c1-5(2)4-10-17(15,16)8-6(3)11-12-7(8)9(13)14/h5,10H,4H2,1-3H3,(H,11,12)(H,13,14). The van der Waals surface area contributed by atoms with Crippen LogP contribution in [0.25, 0.3) is 0 Å². The number of H-pyrrole nitrogens is 1. The van der Waals surface area contributed by atoms with Crippen LogP contribution in [-0.2, 0) is 10.0 Å². The molecule has 0 spiro atoms. The lowest BCUT2D eigenvalue weighted by Crippen LogP contribution is -2.29. The molecule has 0 atom stereocenters. The lowest BCUT2D eigenvalue weighted by Gasteiger charge is -2.08. The molecule has 0 bridgehead atoms. The summed E-state index contributed by atoms with van der Waals surface area (Å²) in [6.45, 7) is 5.40. The summed E-state index contributed by atoms with van der Waals surface area (Å²) in [5.74, 6) is -1.25. The van der Waals surface area contributed by atoms with Crippen LogP contribution in [0.2, 0.25) is 0 Å². The number of carbonyl (C=O) groups is 1. The summed E-state index contributed by atoms with van der Waals surface area (Å²) in [6.07, 6.45) is 0. The third kappa shape index (κ3) is 3.04. The number of aryl methyl sites for hydroxylation is 1. The quantitative estimate of drug-likeness (QED) is 0.708. The van der Waals surface area contributed by atoms with Crippen LogP contribution in [-0.4, -0.2) is 36.2 Å². The van der Waals surface area contributed by atoms with Crippen molar-refractivity contribution in [3.8, 4) is 0 Å². The van der Waals surface area contributed by atoms with Gasteiger partial charge in [-0.3, -0.25) is 5.10 Å². The third-order valence-corrected chi connectivity index (χ3v) is 3.63. The van der Waals surface area contributed by atoms with E-state index in [0.717, 1.165) is 0 Å². The summed E-state index contributed by atoms with van der Waals surface area (Å²) >= 11 is 0. The van der Waals surface area contributed by atoms with Crippen LogP contribution >= 0.6 is 0 Å². The first-order valence-corrected chi connectivity index (χ1v) is 6.52. The van der Waals surface area contributed by atoms with Crippen molar-refractivity contribution >= 4 is 16.0 Å². The Bertz CT molecular complexity index is 518. The average Bonchev–Trinajstić information content (AvgIpc) is 2.58. The predicted octanol–water partition coefficient (Wildman–Crippen LogP) is 0.351. The molecule has 1 aromatic heterocycles. The van der Waals surface area contributed by atoms with Crippen LogP contribution in [0.1, 0.15) is 30.0 Å². The maximum atomic E-state index is 11.9. The molecule has 0 unspecified atom stereocenters. The van der Waals surface area contributed by atoms with Gasteiger partial charge in [-0.25, -0.2) is 17.9 Å². The predicted molar refractivity (Wildman–Crippen MR) is 60.3 cm³/mol. The van der Waals surface area contributed by atoms with Crippen LogP contribution in [0.3, 0.4) is 0 Å². The zero-order valence-electron chi connectivity index (χ0n) is 9.81. The van der Waals surface area contributed by atoms with Crippen LogP contribution < -0.4 is 4.72 Å². The first-order valence-electron chi connectivity index (χ1n) is 5.03. The number of aromatic carboxylic acids is 1. The Morgan fingerprint density at radius 3 is 2.59 bits per heavy atom. The molecule has 0 saturated carbocycles. The fourth-order valence-corrected chi connectivity index (χ4v) is 2.77. The van der Waals surface area contributed by atoms with Crippen LogP contribution in [0.4, 0.5) is 0 Å². The summed E-state index contributed by atoms with van der Waals surface area (Å²) in [6, 6.07) is 0. The Balaban J connectivity index is 3.14. The molecule has 0 saturated heterocycles. The van der Waals surface area contributed by atoms with E-state index < -0.39 is 21.7 Å². The highest BCUT2D eigenvalue weighted by molar-refractivity contribution is 7.89. The number of aromatic nitrogens is 2. The van der Waals surface area contributed by atoms with Crippen molar-refractivity contribution in [1.29, 1.82) is 0 Å². The molecule has 17 heavy (non-hydrogen) atoms. The summed E-state index contributed by atoms with van der Waals surface area (Å²) in [7, 11) is -3.84. The summed E-state index contributed by atoms with van der Waals surface area (Å²) in [5, 5.41) is 14.7. The van der Waals surface area contributed by atoms with Crippen molar-refractivity contribution in [2.75, 3.05) is 6.54 Å². The minimum absolute atomic E-state index is 0.130. The number of hydrogen-bond acceptors (Lipinski definition) is 4. The fourth-order valence-electron chi connectivity index (χ4n) is 1.24. The number of nitrogens with one attached hydrogen (secondary N) is 2. The molecule has 0 aliphatic heterocycles. The summed E-state index contributed by atoms with van der Waals surface area (Å²) in [5.41, 5.74) is -0.280. The molecule has 3 N–H and O–H groups in total. The summed E-state index contributed by atoms with van der Waals surface area (Å²) in [4.78, 5) is 10.5. The number of carboxylic acids is 1. The molecule has 8 heteroatoms. The molecule has 0 amide bonds. The Morgan fingerprint density at radius 2 is 2.12 bits per heavy atom. The van der Waals surface area contributed by atoms with Crippen molar-refractivity contribution in [2.24, 2.45) is 5.92 Å². The van der Waals surface area contributed by atoms with Gasteiger partial charge in [0.15, 0.2) is 5.69 Å². The fraction of sp³-hybridized carbons (Fsp3) is 0.556. The van der Waals surface area contributed by atoms with Gasteiger partial charge in [0.1, 0.15) is 4.90 Å². The van der Waals surface area contributed by atoms with Gasteiger partial charge in [0, 0.05) is 6.54 Å². The molecule has 1 heterocycles. The summed E-state index contributed by atoms with van der Waals surface area (Å²) < 4.78 is 26.2. The normalized spacial score (nSPS) is 12.0. The van der Waals surface area contributed by atoms with Gasteiger partial charge in [0.2, 0.25) is 10.0 Å². The Morgan fingerprint density at radius 1 is 1.53 bits per heavy atom. The molecule has 0 fully saturated rings. The van der Waals surface area contributed by atoms with Crippen LogP contribution in [0.15, 0.2) is 4.90 Å². The molecular weight excluding hydrogens is 246 g/mol. The highest BCUT2D eigenvalue weighted by Gasteiger charge is 2.27. The highest BCUT2D eigenvalue weighted by atomic mass is 32.2. The Labute approximate surface area is 99.3 Å².